The Hall–Kier alpha value is -2.32. The van der Waals surface area contributed by atoms with Gasteiger partial charge in [0.05, 0.1) is 29.0 Å². The van der Waals surface area contributed by atoms with E-state index >= 15 is 0 Å². The maximum Gasteiger partial charge on any atom is 0.243 e. The summed E-state index contributed by atoms with van der Waals surface area (Å²) in [5.74, 6) is 1.29. The van der Waals surface area contributed by atoms with Crippen molar-refractivity contribution in [1.29, 1.82) is 5.26 Å². The maximum absolute atomic E-state index is 14.3. The summed E-state index contributed by atoms with van der Waals surface area (Å²) in [5.41, 5.74) is -1.48. The number of fused-ring (bicyclic) bond motifs is 5. The molecule has 1 aliphatic carbocycles. The van der Waals surface area contributed by atoms with Crippen molar-refractivity contribution in [3.63, 3.8) is 0 Å². The van der Waals surface area contributed by atoms with E-state index in [1.54, 1.807) is 6.26 Å². The summed E-state index contributed by atoms with van der Waals surface area (Å²) in [7, 11) is 1.93. The van der Waals surface area contributed by atoms with Crippen LogP contribution in [0.1, 0.15) is 58.9 Å². The quantitative estimate of drug-likeness (QED) is 0.343. The van der Waals surface area contributed by atoms with E-state index < -0.39 is 27.5 Å². The molecule has 4 saturated heterocycles. The average molecular weight is 629 g/mol. The van der Waals surface area contributed by atoms with Gasteiger partial charge in [0.15, 0.2) is 11.5 Å². The highest BCUT2D eigenvalue weighted by Gasteiger charge is 2.79. The zero-order valence-corrected chi connectivity index (χ0v) is 24.6. The highest BCUT2D eigenvalue weighted by molar-refractivity contribution is 14.1. The number of rotatable bonds is 0. The van der Waals surface area contributed by atoms with Crippen LogP contribution in [0.15, 0.2) is 24.5 Å². The number of alkyl halides is 1. The Balaban J connectivity index is 1.40. The highest BCUT2D eigenvalue weighted by atomic mass is 127. The fourth-order valence-electron chi connectivity index (χ4n) is 9.05. The standard InChI is InChI=1S/C29H33IN4O4/c1-25(2)10-11-37-22-19(38-25)7-6-16-21(22)32-23(35)29(16)14-28-15-34-18(13-31)17(30)8-9-27(34,24(36)33(28)5)12-20(28)26(29,3)4/h6-7,10-11,17-18,20H,8-9,12,14-15H2,1-5H3,(H,32,35)/t17-,18+,20+,27+,28-,29-/m1/s1. The first-order valence-electron chi connectivity index (χ1n) is 13.5. The van der Waals surface area contributed by atoms with Gasteiger partial charge in [-0.25, -0.2) is 0 Å². The molecule has 1 aromatic carbocycles. The SMILES string of the molecule is CN1C(=O)[C@@]23CC[C@@H](I)[C@H](C#N)N2C[C@@]12C[C@@]1(C(=O)Nc4c1ccc1c4OC=CC(C)(C)O1)C(C)(C)[C@@H]2C3. The monoisotopic (exact) mass is 628 g/mol. The van der Waals surface area contributed by atoms with Gasteiger partial charge in [-0.15, -0.1) is 0 Å². The summed E-state index contributed by atoms with van der Waals surface area (Å²) in [6.07, 6.45) is 6.28. The maximum atomic E-state index is 14.3. The van der Waals surface area contributed by atoms with Crippen LogP contribution in [-0.2, 0) is 15.0 Å². The van der Waals surface area contributed by atoms with Gasteiger partial charge < -0.3 is 19.7 Å². The minimum atomic E-state index is -0.850. The van der Waals surface area contributed by atoms with Crippen LogP contribution in [0.3, 0.4) is 0 Å². The van der Waals surface area contributed by atoms with Gasteiger partial charge >= 0.3 is 0 Å². The molecular formula is C29H33IN4O4. The molecule has 8 nitrogen and oxygen atoms in total. The van der Waals surface area contributed by atoms with Crippen molar-refractivity contribution >= 4 is 40.1 Å². The molecule has 6 atom stereocenters. The van der Waals surface area contributed by atoms with Gasteiger partial charge in [-0.2, -0.15) is 5.26 Å². The number of carbonyl (C=O) groups is 2. The third kappa shape index (κ3) is 2.60. The largest absolute Gasteiger partial charge is 0.480 e. The molecule has 200 valence electrons. The van der Waals surface area contributed by atoms with Crippen molar-refractivity contribution in [2.75, 3.05) is 18.9 Å². The number of hydrogen-bond donors (Lipinski definition) is 1. The van der Waals surface area contributed by atoms with E-state index in [0.717, 1.165) is 18.4 Å². The molecular weight excluding hydrogens is 595 g/mol. The lowest BCUT2D eigenvalue weighted by atomic mass is 9.56. The number of halogens is 1. The minimum Gasteiger partial charge on any atom is -0.480 e. The Morgan fingerprint density at radius 1 is 1.21 bits per heavy atom. The van der Waals surface area contributed by atoms with Gasteiger partial charge in [-0.3, -0.25) is 14.5 Å². The molecule has 9 heteroatoms. The summed E-state index contributed by atoms with van der Waals surface area (Å²) in [5, 5.41) is 13.4. The Morgan fingerprint density at radius 3 is 2.71 bits per heavy atom. The number of anilines is 1. The first-order chi connectivity index (χ1) is 17.8. The van der Waals surface area contributed by atoms with E-state index in [0.29, 0.717) is 36.6 Å². The molecule has 2 amide bonds. The number of amides is 2. The van der Waals surface area contributed by atoms with Gasteiger partial charge in [0.25, 0.3) is 0 Å². The number of nitrogens with zero attached hydrogens (tertiary/aromatic N) is 3. The van der Waals surface area contributed by atoms with Crippen LogP contribution in [0.4, 0.5) is 5.69 Å². The van der Waals surface area contributed by atoms with Crippen LogP contribution in [0.25, 0.3) is 0 Å². The Morgan fingerprint density at radius 2 is 1.97 bits per heavy atom. The van der Waals surface area contributed by atoms with Crippen molar-refractivity contribution in [3.05, 3.63) is 30.0 Å². The molecule has 3 spiro atoms. The van der Waals surface area contributed by atoms with Crippen LogP contribution >= 0.6 is 22.6 Å². The number of hydrogen-bond acceptors (Lipinski definition) is 6. The average Bonchev–Trinajstić information content (AvgIpc) is 3.17. The zero-order chi connectivity index (χ0) is 27.0. The molecule has 0 aromatic heterocycles. The van der Waals surface area contributed by atoms with Gasteiger partial charge in [-0.05, 0) is 68.6 Å². The Bertz CT molecular complexity index is 1380. The molecule has 7 aliphatic rings. The molecule has 6 aliphatic heterocycles. The number of piperazine rings is 1. The van der Waals surface area contributed by atoms with Crippen LogP contribution in [-0.4, -0.2) is 61.9 Å². The first kappa shape index (κ1) is 24.7. The summed E-state index contributed by atoms with van der Waals surface area (Å²) in [6.45, 7) is 8.96. The van der Waals surface area contributed by atoms with Crippen molar-refractivity contribution in [2.45, 2.75) is 85.4 Å². The smallest absolute Gasteiger partial charge is 0.243 e. The number of likely N-dealkylation sites (N-methyl/N-ethyl adjacent to an activating group) is 1. The second-order valence-electron chi connectivity index (χ2n) is 13.2. The molecule has 1 aromatic rings. The summed E-state index contributed by atoms with van der Waals surface area (Å²) < 4.78 is 12.5. The number of benzene rings is 1. The third-order valence-corrected chi connectivity index (χ3v) is 12.3. The highest BCUT2D eigenvalue weighted by Crippen LogP contribution is 2.72. The lowest BCUT2D eigenvalue weighted by Crippen LogP contribution is -2.82. The molecule has 5 fully saturated rings. The van der Waals surface area contributed by atoms with Crippen molar-refractivity contribution in [1.82, 2.24) is 9.80 Å². The van der Waals surface area contributed by atoms with E-state index in [1.165, 1.54) is 0 Å². The normalized spacial score (nSPS) is 41.3. The lowest BCUT2D eigenvalue weighted by molar-refractivity contribution is -0.199. The minimum absolute atomic E-state index is 0.0471. The first-order valence-corrected chi connectivity index (χ1v) is 14.7. The van der Waals surface area contributed by atoms with E-state index in [-0.39, 0.29) is 27.7 Å². The second-order valence-corrected chi connectivity index (χ2v) is 14.8. The van der Waals surface area contributed by atoms with Crippen molar-refractivity contribution in [3.8, 4) is 17.6 Å². The lowest BCUT2D eigenvalue weighted by Gasteiger charge is -2.68. The number of ether oxygens (including phenoxy) is 2. The molecule has 2 bridgehead atoms. The molecule has 0 unspecified atom stereocenters. The van der Waals surface area contributed by atoms with E-state index in [4.69, 9.17) is 9.47 Å². The fourth-order valence-corrected chi connectivity index (χ4v) is 9.91. The molecule has 0 radical (unpaired) electrons. The molecule has 38 heavy (non-hydrogen) atoms. The van der Waals surface area contributed by atoms with Gasteiger partial charge in [0, 0.05) is 17.5 Å². The van der Waals surface area contributed by atoms with Crippen LogP contribution < -0.4 is 14.8 Å². The van der Waals surface area contributed by atoms with E-state index in [1.807, 2.05) is 44.0 Å². The van der Waals surface area contributed by atoms with E-state index in [2.05, 4.69) is 52.7 Å². The summed E-state index contributed by atoms with van der Waals surface area (Å²) in [6, 6.07) is 6.16. The zero-order valence-electron chi connectivity index (χ0n) is 22.4. The summed E-state index contributed by atoms with van der Waals surface area (Å²) in [4.78, 5) is 32.6. The molecule has 8 rings (SSSR count). The van der Waals surface area contributed by atoms with E-state index in [9.17, 15) is 14.9 Å². The molecule has 1 N–H and O–H groups in total. The van der Waals surface area contributed by atoms with Gasteiger partial charge in [0.1, 0.15) is 17.2 Å². The van der Waals surface area contributed by atoms with Crippen LogP contribution in [0.5, 0.6) is 11.5 Å². The number of piperidine rings is 3. The van der Waals surface area contributed by atoms with Crippen molar-refractivity contribution in [2.24, 2.45) is 11.3 Å². The predicted molar refractivity (Wildman–Crippen MR) is 149 cm³/mol. The predicted octanol–water partition coefficient (Wildman–Crippen LogP) is 4.13. The van der Waals surface area contributed by atoms with Crippen LogP contribution in [0, 0.1) is 22.7 Å². The topological polar surface area (TPSA) is 94.9 Å². The molecule has 6 heterocycles. The molecule has 1 saturated carbocycles. The fraction of sp³-hybridized carbons (Fsp3) is 0.621. The third-order valence-electron chi connectivity index (χ3n) is 11.0. The van der Waals surface area contributed by atoms with Gasteiger partial charge in [0.2, 0.25) is 11.8 Å². The summed E-state index contributed by atoms with van der Waals surface area (Å²) >= 11 is 2.38. The number of carbonyl (C=O) groups excluding carboxylic acids is 2. The second kappa shape index (κ2) is 7.25. The van der Waals surface area contributed by atoms with Gasteiger partial charge in [-0.1, -0.05) is 42.5 Å². The van der Waals surface area contributed by atoms with Crippen molar-refractivity contribution < 1.29 is 19.1 Å². The number of nitriles is 1. The Kier molecular flexibility index (Phi) is 4.71. The van der Waals surface area contributed by atoms with Crippen LogP contribution in [0.2, 0.25) is 0 Å². The number of nitrogens with one attached hydrogen (secondary N) is 1. The Labute approximate surface area is 236 Å².